The summed E-state index contributed by atoms with van der Waals surface area (Å²) in [7, 11) is 0. The Labute approximate surface area is 111 Å². The Kier molecular flexibility index (Phi) is 2.36. The maximum absolute atomic E-state index is 9.15. The van der Waals surface area contributed by atoms with Crippen molar-refractivity contribution < 1.29 is 0 Å². The fourth-order valence-corrected chi connectivity index (χ4v) is 3.20. The van der Waals surface area contributed by atoms with Crippen LogP contribution in [0.4, 0.5) is 0 Å². The Hall–Kier alpha value is -1.60. The lowest BCUT2D eigenvalue weighted by Gasteiger charge is -2.27. The van der Waals surface area contributed by atoms with Crippen molar-refractivity contribution in [1.82, 2.24) is 9.55 Å². The zero-order valence-electron chi connectivity index (χ0n) is 10.5. The van der Waals surface area contributed by atoms with Crippen LogP contribution in [-0.4, -0.2) is 9.55 Å². The van der Waals surface area contributed by atoms with Crippen LogP contribution in [0.3, 0.4) is 0 Å². The molecule has 0 spiro atoms. The molecule has 1 aliphatic carbocycles. The first-order valence-electron chi connectivity index (χ1n) is 6.20. The highest BCUT2D eigenvalue weighted by atomic mass is 32.1. The quantitative estimate of drug-likeness (QED) is 0.833. The lowest BCUT2D eigenvalue weighted by Crippen LogP contribution is -2.28. The van der Waals surface area contributed by atoms with Gasteiger partial charge in [-0.3, -0.25) is 0 Å². The summed E-state index contributed by atoms with van der Waals surface area (Å²) in [6.45, 7) is 4.46. The number of benzene rings is 1. The molecule has 0 saturated heterocycles. The molecule has 1 N–H and O–H groups in total. The standard InChI is InChI=1S/C14H15N3S/c1-14(2,10-6-7-10)17-11-5-3-4-9(8-15)12(11)16-13(17)18/h3-5,10H,6-7H2,1-2H3,(H,16,18). The second-order valence-corrected chi connectivity index (χ2v) is 5.89. The minimum Gasteiger partial charge on any atom is -0.329 e. The first-order chi connectivity index (χ1) is 8.55. The molecule has 0 radical (unpaired) electrons. The van der Waals surface area contributed by atoms with Gasteiger partial charge < -0.3 is 9.55 Å². The predicted molar refractivity (Wildman–Crippen MR) is 73.9 cm³/mol. The van der Waals surface area contributed by atoms with Gasteiger partial charge in [-0.1, -0.05) is 6.07 Å². The number of para-hydroxylation sites is 1. The third-order valence-electron chi connectivity index (χ3n) is 3.99. The van der Waals surface area contributed by atoms with Crippen molar-refractivity contribution in [2.75, 3.05) is 0 Å². The van der Waals surface area contributed by atoms with Crippen molar-refractivity contribution >= 4 is 23.3 Å². The lowest BCUT2D eigenvalue weighted by atomic mass is 9.98. The van der Waals surface area contributed by atoms with E-state index in [4.69, 9.17) is 17.5 Å². The number of nitriles is 1. The molecule has 1 aromatic carbocycles. The number of nitrogens with one attached hydrogen (secondary N) is 1. The highest BCUT2D eigenvalue weighted by molar-refractivity contribution is 7.71. The maximum atomic E-state index is 9.15. The molecule has 1 aliphatic rings. The zero-order chi connectivity index (χ0) is 12.9. The van der Waals surface area contributed by atoms with Crippen molar-refractivity contribution in [3.8, 4) is 6.07 Å². The summed E-state index contributed by atoms with van der Waals surface area (Å²) >= 11 is 5.45. The fourth-order valence-electron chi connectivity index (χ4n) is 2.77. The van der Waals surface area contributed by atoms with Gasteiger partial charge in [-0.25, -0.2) is 0 Å². The molecular weight excluding hydrogens is 242 g/mol. The Morgan fingerprint density at radius 1 is 1.44 bits per heavy atom. The maximum Gasteiger partial charge on any atom is 0.178 e. The molecule has 0 unspecified atom stereocenters. The highest BCUT2D eigenvalue weighted by Gasteiger charge is 2.40. The number of hydrogen-bond donors (Lipinski definition) is 1. The van der Waals surface area contributed by atoms with Gasteiger partial charge in [0.1, 0.15) is 6.07 Å². The minimum atomic E-state index is 0.0173. The first-order valence-corrected chi connectivity index (χ1v) is 6.61. The summed E-state index contributed by atoms with van der Waals surface area (Å²) in [5.74, 6) is 0.689. The molecule has 4 heteroatoms. The number of aromatic amines is 1. The van der Waals surface area contributed by atoms with E-state index in [-0.39, 0.29) is 5.54 Å². The van der Waals surface area contributed by atoms with Crippen molar-refractivity contribution in [3.63, 3.8) is 0 Å². The average molecular weight is 257 g/mol. The van der Waals surface area contributed by atoms with Crippen LogP contribution in [0.5, 0.6) is 0 Å². The number of imidazole rings is 1. The number of nitrogens with zero attached hydrogens (tertiary/aromatic N) is 2. The van der Waals surface area contributed by atoms with Gasteiger partial charge >= 0.3 is 0 Å². The molecule has 92 valence electrons. The van der Waals surface area contributed by atoms with Crippen molar-refractivity contribution in [2.24, 2.45) is 5.92 Å². The second kappa shape index (κ2) is 3.69. The van der Waals surface area contributed by atoms with Crippen LogP contribution in [0.2, 0.25) is 0 Å². The molecule has 2 aromatic rings. The smallest absolute Gasteiger partial charge is 0.178 e. The summed E-state index contributed by atoms with van der Waals surface area (Å²) < 4.78 is 2.89. The number of H-pyrrole nitrogens is 1. The van der Waals surface area contributed by atoms with Gasteiger partial charge in [-0.15, -0.1) is 0 Å². The molecule has 0 amide bonds. The molecule has 1 fully saturated rings. The molecule has 0 atom stereocenters. The lowest BCUT2D eigenvalue weighted by molar-refractivity contribution is 0.310. The molecule has 1 saturated carbocycles. The average Bonchev–Trinajstić information content (AvgIpc) is 3.11. The van der Waals surface area contributed by atoms with Gasteiger partial charge in [-0.05, 0) is 57.0 Å². The highest BCUT2D eigenvalue weighted by Crippen LogP contribution is 2.45. The van der Waals surface area contributed by atoms with Crippen molar-refractivity contribution in [1.29, 1.82) is 5.26 Å². The number of rotatable bonds is 2. The van der Waals surface area contributed by atoms with Crippen LogP contribution in [0, 0.1) is 22.0 Å². The summed E-state index contributed by atoms with van der Waals surface area (Å²) in [6.07, 6.45) is 2.53. The van der Waals surface area contributed by atoms with Gasteiger partial charge in [0.25, 0.3) is 0 Å². The van der Waals surface area contributed by atoms with Crippen LogP contribution < -0.4 is 0 Å². The molecule has 1 aromatic heterocycles. The number of hydrogen-bond acceptors (Lipinski definition) is 2. The van der Waals surface area contributed by atoms with Gasteiger partial charge in [0.15, 0.2) is 4.77 Å². The van der Waals surface area contributed by atoms with Gasteiger partial charge in [0.05, 0.1) is 16.6 Å². The molecule has 1 heterocycles. The van der Waals surface area contributed by atoms with Crippen molar-refractivity contribution in [3.05, 3.63) is 28.5 Å². The van der Waals surface area contributed by atoms with Gasteiger partial charge in [0, 0.05) is 5.54 Å². The van der Waals surface area contributed by atoms with E-state index in [1.165, 1.54) is 12.8 Å². The zero-order valence-corrected chi connectivity index (χ0v) is 11.3. The van der Waals surface area contributed by atoms with E-state index in [2.05, 4.69) is 29.5 Å². The van der Waals surface area contributed by atoms with Crippen LogP contribution in [-0.2, 0) is 5.54 Å². The van der Waals surface area contributed by atoms with Crippen LogP contribution in [0.25, 0.3) is 11.0 Å². The summed E-state index contributed by atoms with van der Waals surface area (Å²) in [5.41, 5.74) is 2.57. The Morgan fingerprint density at radius 3 is 2.78 bits per heavy atom. The minimum absolute atomic E-state index is 0.0173. The third kappa shape index (κ3) is 1.51. The largest absolute Gasteiger partial charge is 0.329 e. The van der Waals surface area contributed by atoms with E-state index in [0.29, 0.717) is 16.3 Å². The molecule has 0 bridgehead atoms. The van der Waals surface area contributed by atoms with E-state index in [9.17, 15) is 0 Å². The molecule has 3 nitrogen and oxygen atoms in total. The Morgan fingerprint density at radius 2 is 2.17 bits per heavy atom. The summed E-state index contributed by atoms with van der Waals surface area (Å²) in [6, 6.07) is 7.99. The van der Waals surface area contributed by atoms with E-state index in [1.54, 1.807) is 0 Å². The summed E-state index contributed by atoms with van der Waals surface area (Å²) in [5, 5.41) is 9.15. The van der Waals surface area contributed by atoms with Crippen LogP contribution in [0.1, 0.15) is 32.3 Å². The molecular formula is C14H15N3S. The van der Waals surface area contributed by atoms with E-state index >= 15 is 0 Å². The van der Waals surface area contributed by atoms with Crippen LogP contribution >= 0.6 is 12.2 Å². The second-order valence-electron chi connectivity index (χ2n) is 5.51. The monoisotopic (exact) mass is 257 g/mol. The Bertz CT molecular complexity index is 711. The molecule has 3 rings (SSSR count). The van der Waals surface area contributed by atoms with E-state index in [0.717, 1.165) is 11.0 Å². The number of fused-ring (bicyclic) bond motifs is 1. The summed E-state index contributed by atoms with van der Waals surface area (Å²) in [4.78, 5) is 3.19. The fraction of sp³-hybridized carbons (Fsp3) is 0.429. The third-order valence-corrected chi connectivity index (χ3v) is 4.28. The Balaban J connectivity index is 2.34. The predicted octanol–water partition coefficient (Wildman–Crippen LogP) is 3.72. The SMILES string of the molecule is CC(C)(C1CC1)n1c(=S)[nH]c2c(C#N)cccc21. The normalized spacial score (nSPS) is 15.8. The van der Waals surface area contributed by atoms with E-state index in [1.807, 2.05) is 18.2 Å². The topological polar surface area (TPSA) is 44.5 Å². The van der Waals surface area contributed by atoms with Crippen molar-refractivity contribution in [2.45, 2.75) is 32.2 Å². The van der Waals surface area contributed by atoms with Gasteiger partial charge in [-0.2, -0.15) is 5.26 Å². The first kappa shape index (κ1) is 11.5. The molecule has 18 heavy (non-hydrogen) atoms. The van der Waals surface area contributed by atoms with Crippen LogP contribution in [0.15, 0.2) is 18.2 Å². The molecule has 0 aliphatic heterocycles. The number of aromatic nitrogens is 2. The van der Waals surface area contributed by atoms with Gasteiger partial charge in [0.2, 0.25) is 0 Å². The van der Waals surface area contributed by atoms with E-state index < -0.39 is 0 Å².